The molecule has 0 unspecified atom stereocenters. The van der Waals surface area contributed by atoms with E-state index in [-0.39, 0.29) is 11.6 Å². The van der Waals surface area contributed by atoms with Gasteiger partial charge in [0.15, 0.2) is 0 Å². The van der Waals surface area contributed by atoms with Gasteiger partial charge in [-0.1, -0.05) is 0 Å². The molecule has 8 heteroatoms. The maximum atomic E-state index is 10.4. The van der Waals surface area contributed by atoms with E-state index in [0.717, 1.165) is 0 Å². The van der Waals surface area contributed by atoms with Crippen LogP contribution in [-0.4, -0.2) is 25.5 Å². The highest BCUT2D eigenvalue weighted by Gasteiger charge is 2.11. The van der Waals surface area contributed by atoms with E-state index in [4.69, 9.17) is 5.26 Å². The Morgan fingerprint density at radius 2 is 2.10 bits per heavy atom. The van der Waals surface area contributed by atoms with Gasteiger partial charge < -0.3 is 14.9 Å². The number of pyridine rings is 1. The molecule has 108 valence electrons. The molecule has 0 atom stereocenters. The number of Topliss-reactive ketones (excluding diaryl/α,β-unsaturated/α-hetero) is 1. The Kier molecular flexibility index (Phi) is 5.70. The van der Waals surface area contributed by atoms with Crippen molar-refractivity contribution in [1.82, 2.24) is 14.8 Å². The number of carbonyl (C=O) groups excluding carboxylic acids is 1. The molecule has 0 radical (unpaired) electrons. The van der Waals surface area contributed by atoms with Crippen molar-refractivity contribution < 1.29 is 9.72 Å². The molecular weight excluding hydrogens is 274 g/mol. The molecule has 0 aliphatic carbocycles. The Hall–Kier alpha value is -3.08. The van der Waals surface area contributed by atoms with Crippen molar-refractivity contribution >= 4 is 11.6 Å². The largest absolute Gasteiger partial charge is 0.389 e. The van der Waals surface area contributed by atoms with Crippen molar-refractivity contribution in [3.05, 3.63) is 52.0 Å². The lowest BCUT2D eigenvalue weighted by Gasteiger charge is -1.96. The van der Waals surface area contributed by atoms with Crippen molar-refractivity contribution in [2.24, 2.45) is 0 Å². The molecule has 0 aliphatic heterocycles. The van der Waals surface area contributed by atoms with Crippen molar-refractivity contribution in [3.63, 3.8) is 0 Å². The minimum atomic E-state index is -0.553. The molecule has 8 nitrogen and oxygen atoms in total. The first-order valence-corrected chi connectivity index (χ1v) is 5.92. The molecule has 0 fully saturated rings. The zero-order chi connectivity index (χ0) is 15.8. The van der Waals surface area contributed by atoms with Crippen molar-refractivity contribution in [1.29, 1.82) is 5.26 Å². The third-order valence-electron chi connectivity index (χ3n) is 2.09. The average molecular weight is 287 g/mol. The van der Waals surface area contributed by atoms with Gasteiger partial charge in [-0.3, -0.25) is 4.98 Å². The smallest absolute Gasteiger partial charge is 0.358 e. The molecule has 0 saturated carbocycles. The van der Waals surface area contributed by atoms with E-state index in [2.05, 4.69) is 10.1 Å². The zero-order valence-electron chi connectivity index (χ0n) is 11.6. The van der Waals surface area contributed by atoms with E-state index in [1.807, 2.05) is 6.07 Å². The lowest BCUT2D eigenvalue weighted by atomic mass is 10.3. The lowest BCUT2D eigenvalue weighted by molar-refractivity contribution is -0.389. The fraction of sp³-hybridized carbons (Fsp3) is 0.231. The predicted molar refractivity (Wildman–Crippen MR) is 73.3 cm³/mol. The minimum Gasteiger partial charge on any atom is -0.358 e. The van der Waals surface area contributed by atoms with Crippen LogP contribution in [0.4, 0.5) is 5.82 Å². The van der Waals surface area contributed by atoms with Crippen molar-refractivity contribution in [2.45, 2.75) is 20.4 Å². The summed E-state index contributed by atoms with van der Waals surface area (Å²) in [6, 6.07) is 6.61. The molecule has 0 spiro atoms. The van der Waals surface area contributed by atoms with E-state index >= 15 is 0 Å². The van der Waals surface area contributed by atoms with Gasteiger partial charge >= 0.3 is 5.82 Å². The summed E-state index contributed by atoms with van der Waals surface area (Å²) in [5.41, 5.74) is 1.15. The van der Waals surface area contributed by atoms with Crippen molar-refractivity contribution in [3.8, 4) is 6.07 Å². The number of rotatable bonds is 3. The van der Waals surface area contributed by atoms with E-state index in [1.54, 1.807) is 12.1 Å². The standard InChI is InChI=1S/C10H7N5O2.C3H6O/c11-5-8-1-2-9(12-6-8)7-14-4-3-10(13-14)15(16)17;1-3(2)4/h1-4,6H,7H2;1-2H3. The summed E-state index contributed by atoms with van der Waals surface area (Å²) in [6.45, 7) is 3.39. The Balaban J connectivity index is 0.000000491. The van der Waals surface area contributed by atoms with Crippen LogP contribution in [0.2, 0.25) is 0 Å². The normalized spacial score (nSPS) is 9.19. The van der Waals surface area contributed by atoms with Gasteiger partial charge in [-0.15, -0.1) is 0 Å². The summed E-state index contributed by atoms with van der Waals surface area (Å²) < 4.78 is 1.42. The Morgan fingerprint density at radius 1 is 1.43 bits per heavy atom. The van der Waals surface area contributed by atoms with Gasteiger partial charge in [0.05, 0.1) is 28.6 Å². The second-order valence-corrected chi connectivity index (χ2v) is 4.19. The first-order chi connectivity index (χ1) is 9.92. The molecule has 0 amide bonds. The van der Waals surface area contributed by atoms with Crippen LogP contribution < -0.4 is 0 Å². The number of carbonyl (C=O) groups is 1. The number of ketones is 1. The molecule has 2 aromatic rings. The van der Waals surface area contributed by atoms with Crippen LogP contribution in [0.3, 0.4) is 0 Å². The topological polar surface area (TPSA) is 115 Å². The molecule has 0 N–H and O–H groups in total. The van der Waals surface area contributed by atoms with Gasteiger partial charge in [-0.25, -0.2) is 0 Å². The Bertz CT molecular complexity index is 666. The number of nitro groups is 1. The van der Waals surface area contributed by atoms with Crippen LogP contribution in [0.5, 0.6) is 0 Å². The second-order valence-electron chi connectivity index (χ2n) is 4.19. The molecule has 21 heavy (non-hydrogen) atoms. The maximum absolute atomic E-state index is 10.4. The highest BCUT2D eigenvalue weighted by Crippen LogP contribution is 2.07. The molecule has 0 aliphatic rings. The van der Waals surface area contributed by atoms with E-state index < -0.39 is 4.92 Å². The monoisotopic (exact) mass is 287 g/mol. The third kappa shape index (κ3) is 5.61. The quantitative estimate of drug-likeness (QED) is 0.626. The van der Waals surface area contributed by atoms with E-state index in [9.17, 15) is 14.9 Å². The molecular formula is C13H13N5O3. The van der Waals surface area contributed by atoms with Gasteiger partial charge in [-0.05, 0) is 30.9 Å². The van der Waals surface area contributed by atoms with Crippen LogP contribution >= 0.6 is 0 Å². The molecule has 0 aromatic carbocycles. The minimum absolute atomic E-state index is 0.167. The first kappa shape index (κ1) is 16.0. The summed E-state index contributed by atoms with van der Waals surface area (Å²) in [5, 5.41) is 22.8. The SMILES string of the molecule is CC(C)=O.N#Cc1ccc(Cn2ccc([N+](=O)[O-])n2)nc1. The van der Waals surface area contributed by atoms with Crippen LogP contribution in [0, 0.1) is 21.4 Å². The summed E-state index contributed by atoms with van der Waals surface area (Å²) in [5.74, 6) is -0.0290. The molecule has 2 rings (SSSR count). The zero-order valence-corrected chi connectivity index (χ0v) is 11.6. The number of hydrogen-bond acceptors (Lipinski definition) is 6. The first-order valence-electron chi connectivity index (χ1n) is 5.92. The van der Waals surface area contributed by atoms with Gasteiger partial charge in [0.25, 0.3) is 0 Å². The van der Waals surface area contributed by atoms with Crippen molar-refractivity contribution in [2.75, 3.05) is 0 Å². The highest BCUT2D eigenvalue weighted by atomic mass is 16.6. The van der Waals surface area contributed by atoms with Gasteiger partial charge in [0, 0.05) is 6.20 Å². The third-order valence-corrected chi connectivity index (χ3v) is 2.09. The maximum Gasteiger partial charge on any atom is 0.389 e. The average Bonchev–Trinajstić information content (AvgIpc) is 2.88. The Morgan fingerprint density at radius 3 is 2.52 bits per heavy atom. The van der Waals surface area contributed by atoms with Gasteiger partial charge in [0.2, 0.25) is 0 Å². The highest BCUT2D eigenvalue weighted by molar-refractivity contribution is 5.72. The number of nitrogens with zero attached hydrogens (tertiary/aromatic N) is 5. The second kappa shape index (κ2) is 7.49. The van der Waals surface area contributed by atoms with Gasteiger partial charge in [-0.2, -0.15) is 9.94 Å². The lowest BCUT2D eigenvalue weighted by Crippen LogP contribution is -2.03. The van der Waals surface area contributed by atoms with Crippen LogP contribution in [0.1, 0.15) is 25.1 Å². The van der Waals surface area contributed by atoms with E-state index in [1.165, 1.54) is 37.0 Å². The van der Waals surface area contributed by atoms with Crippen LogP contribution in [-0.2, 0) is 11.3 Å². The molecule has 0 bridgehead atoms. The molecule has 2 aromatic heterocycles. The molecule has 2 heterocycles. The van der Waals surface area contributed by atoms with Crippen LogP contribution in [0.25, 0.3) is 0 Å². The molecule has 0 saturated heterocycles. The fourth-order valence-corrected chi connectivity index (χ4v) is 1.29. The summed E-state index contributed by atoms with van der Waals surface area (Å²) in [4.78, 5) is 23.4. The van der Waals surface area contributed by atoms with E-state index in [0.29, 0.717) is 17.8 Å². The Labute approximate surface area is 120 Å². The predicted octanol–water partition coefficient (Wildman–Crippen LogP) is 1.70. The number of aromatic nitrogens is 3. The number of hydrogen-bond donors (Lipinski definition) is 0. The summed E-state index contributed by atoms with van der Waals surface area (Å²) in [6.07, 6.45) is 2.96. The number of nitriles is 1. The van der Waals surface area contributed by atoms with Crippen LogP contribution in [0.15, 0.2) is 30.6 Å². The fourth-order valence-electron chi connectivity index (χ4n) is 1.29. The van der Waals surface area contributed by atoms with Gasteiger partial charge in [0.1, 0.15) is 18.4 Å². The summed E-state index contributed by atoms with van der Waals surface area (Å²) >= 11 is 0. The summed E-state index contributed by atoms with van der Waals surface area (Å²) in [7, 11) is 0.